The van der Waals surface area contributed by atoms with Crippen LogP contribution in [0.4, 0.5) is 34.1 Å². The molecule has 0 fully saturated rings. The molecule has 0 aliphatic heterocycles. The largest absolute Gasteiger partial charge is 0.311 e. The summed E-state index contributed by atoms with van der Waals surface area (Å²) in [7, 11) is 0. The Morgan fingerprint density at radius 2 is 0.784 bits per heavy atom. The van der Waals surface area contributed by atoms with Crippen LogP contribution in [0.2, 0.25) is 0 Å². The number of anilines is 6. The molecule has 2 nitrogen and oxygen atoms in total. The highest BCUT2D eigenvalue weighted by molar-refractivity contribution is 7.26. The average molecular weight is 679 g/mol. The third-order valence-electron chi connectivity index (χ3n) is 8.79. The van der Waals surface area contributed by atoms with Crippen molar-refractivity contribution in [3.05, 3.63) is 206 Å². The van der Waals surface area contributed by atoms with E-state index in [1.54, 1.807) is 28.4 Å². The molecule has 1 aromatic heterocycles. The molecule has 242 valence electrons. The van der Waals surface area contributed by atoms with Gasteiger partial charge in [-0.05, 0) is 95.0 Å². The van der Waals surface area contributed by atoms with Crippen molar-refractivity contribution in [1.29, 1.82) is 0 Å². The fourth-order valence-electron chi connectivity index (χ4n) is 6.38. The van der Waals surface area contributed by atoms with Crippen LogP contribution in [-0.2, 0) is 0 Å². The highest BCUT2D eigenvalue weighted by atomic mass is 32.1. The highest BCUT2D eigenvalue weighted by Gasteiger charge is 2.18. The van der Waals surface area contributed by atoms with Crippen LogP contribution in [0.15, 0.2) is 206 Å². The van der Waals surface area contributed by atoms with E-state index < -0.39 is 24.2 Å². The fourth-order valence-corrected chi connectivity index (χ4v) is 7.58. The maximum absolute atomic E-state index is 9.18. The van der Waals surface area contributed by atoms with Gasteiger partial charge in [0.05, 0.1) is 21.4 Å². The first-order valence-corrected chi connectivity index (χ1v) is 17.4. The first-order chi connectivity index (χ1) is 28.7. The minimum atomic E-state index is -0.467. The predicted molar refractivity (Wildman–Crippen MR) is 220 cm³/mol. The molecule has 51 heavy (non-hydrogen) atoms. The van der Waals surface area contributed by atoms with E-state index in [0.717, 1.165) is 27.1 Å². The van der Waals surface area contributed by atoms with Gasteiger partial charge in [0, 0.05) is 43.9 Å². The fraction of sp³-hybridized carbons (Fsp3) is 0. The Bertz CT molecular complexity index is 2930. The summed E-state index contributed by atoms with van der Waals surface area (Å²) in [6.07, 6.45) is 0. The van der Waals surface area contributed by atoms with Crippen molar-refractivity contribution in [3.8, 4) is 22.3 Å². The third kappa shape index (κ3) is 5.94. The van der Waals surface area contributed by atoms with E-state index in [2.05, 4.69) is 35.2 Å². The van der Waals surface area contributed by atoms with E-state index in [1.165, 1.54) is 10.1 Å². The molecule has 3 heteroatoms. The van der Waals surface area contributed by atoms with Crippen molar-refractivity contribution in [2.24, 2.45) is 0 Å². The topological polar surface area (TPSA) is 6.48 Å². The van der Waals surface area contributed by atoms with Crippen LogP contribution < -0.4 is 9.80 Å². The Kier molecular flexibility index (Phi) is 6.09. The molecule has 1 heterocycles. The molecule has 0 amide bonds. The summed E-state index contributed by atoms with van der Waals surface area (Å²) < 4.78 is 75.7. The van der Waals surface area contributed by atoms with Crippen molar-refractivity contribution in [2.75, 3.05) is 9.80 Å². The molecule has 0 unspecified atom stereocenters. The standard InChI is InChI=1S/C48H34N2S/c1-4-13-39(14-5-1)49(40-15-6-2-7-16-40)42-31-27-37(28-32-42)35-23-25-36(26-24-35)38-29-33-43(34-30-38)50(41-17-8-3-9-18-41)46-21-12-20-45-44-19-10-11-22-47(44)51-48(45)46/h1-34H/i23D,24D,25D,26D,27D,28D,31D,32D. The van der Waals surface area contributed by atoms with Crippen LogP contribution in [0.3, 0.4) is 0 Å². The number of nitrogens with zero attached hydrogens (tertiary/aromatic N) is 2. The molecule has 0 saturated heterocycles. The van der Waals surface area contributed by atoms with Crippen molar-refractivity contribution in [2.45, 2.75) is 0 Å². The van der Waals surface area contributed by atoms with Crippen LogP contribution in [0.1, 0.15) is 11.0 Å². The number of fused-ring (bicyclic) bond motifs is 3. The summed E-state index contributed by atoms with van der Waals surface area (Å²) in [5.74, 6) is 0. The molecule has 0 atom stereocenters. The Morgan fingerprint density at radius 3 is 1.37 bits per heavy atom. The van der Waals surface area contributed by atoms with E-state index in [1.807, 2.05) is 115 Å². The summed E-state index contributed by atoms with van der Waals surface area (Å²) in [5, 5.41) is 2.35. The zero-order valence-electron chi connectivity index (χ0n) is 35.3. The molecule has 0 saturated carbocycles. The summed E-state index contributed by atoms with van der Waals surface area (Å²) in [6.45, 7) is 0. The second kappa shape index (κ2) is 13.5. The Balaban J connectivity index is 1.15. The molecule has 0 N–H and O–H groups in total. The van der Waals surface area contributed by atoms with E-state index in [0.29, 0.717) is 16.9 Å². The second-order valence-corrected chi connectivity index (χ2v) is 13.0. The monoisotopic (exact) mass is 678 g/mol. The Labute approximate surface area is 314 Å². The molecule has 0 aliphatic carbocycles. The van der Waals surface area contributed by atoms with Crippen molar-refractivity contribution in [3.63, 3.8) is 0 Å². The molecule has 9 aromatic rings. The lowest BCUT2D eigenvalue weighted by molar-refractivity contribution is 1.28. The summed E-state index contributed by atoms with van der Waals surface area (Å²) in [4.78, 5) is 3.82. The molecule has 8 aromatic carbocycles. The minimum absolute atomic E-state index is 0.00116. The maximum atomic E-state index is 9.18. The quantitative estimate of drug-likeness (QED) is 0.158. The summed E-state index contributed by atoms with van der Waals surface area (Å²) >= 11 is 1.73. The lowest BCUT2D eigenvalue weighted by Crippen LogP contribution is -2.09. The zero-order chi connectivity index (χ0) is 40.9. The number of thiophene rings is 1. The van der Waals surface area contributed by atoms with Gasteiger partial charge in [-0.2, -0.15) is 0 Å². The van der Waals surface area contributed by atoms with Gasteiger partial charge in [0.25, 0.3) is 0 Å². The molecular weight excluding hydrogens is 637 g/mol. The van der Waals surface area contributed by atoms with Crippen LogP contribution in [0, 0.1) is 0 Å². The molecule has 0 radical (unpaired) electrons. The van der Waals surface area contributed by atoms with E-state index in [9.17, 15) is 5.48 Å². The van der Waals surface area contributed by atoms with Crippen molar-refractivity contribution >= 4 is 65.6 Å². The minimum Gasteiger partial charge on any atom is -0.311 e. The zero-order valence-corrected chi connectivity index (χ0v) is 28.1. The molecule has 9 rings (SSSR count). The number of rotatable bonds is 8. The molecule has 0 bridgehead atoms. The third-order valence-corrected chi connectivity index (χ3v) is 10.0. The summed E-state index contributed by atoms with van der Waals surface area (Å²) in [5.41, 5.74) is 3.96. The van der Waals surface area contributed by atoms with Gasteiger partial charge in [0.2, 0.25) is 0 Å². The first-order valence-electron chi connectivity index (χ1n) is 20.6. The lowest BCUT2D eigenvalue weighted by atomic mass is 9.99. The average Bonchev–Trinajstić information content (AvgIpc) is 3.66. The SMILES string of the molecule is [2H]c1c([2H])c(-c2c([2H])c([2H])c(N(c3ccccc3)c3ccccc3)c([2H])c2[2H])c([2H])c([2H])c1-c1ccc(N(c2ccccc2)c2cccc3c2sc2ccccc23)cc1. The number of para-hydroxylation sites is 3. The Morgan fingerprint density at radius 1 is 0.333 bits per heavy atom. The maximum Gasteiger partial charge on any atom is 0.0645 e. The van der Waals surface area contributed by atoms with Gasteiger partial charge in [-0.15, -0.1) is 11.3 Å². The van der Waals surface area contributed by atoms with Gasteiger partial charge >= 0.3 is 0 Å². The van der Waals surface area contributed by atoms with E-state index >= 15 is 0 Å². The van der Waals surface area contributed by atoms with Crippen LogP contribution in [0.5, 0.6) is 0 Å². The van der Waals surface area contributed by atoms with E-state index in [-0.39, 0.29) is 46.5 Å². The normalized spacial score (nSPS) is 13.3. The van der Waals surface area contributed by atoms with Gasteiger partial charge in [-0.25, -0.2) is 0 Å². The number of hydrogen-bond acceptors (Lipinski definition) is 3. The first kappa shape index (κ1) is 23.1. The lowest BCUT2D eigenvalue weighted by Gasteiger charge is -2.26. The Hall–Kier alpha value is -6.42. The van der Waals surface area contributed by atoms with Gasteiger partial charge in [0.1, 0.15) is 0 Å². The van der Waals surface area contributed by atoms with Gasteiger partial charge in [0.15, 0.2) is 0 Å². The van der Waals surface area contributed by atoms with Gasteiger partial charge < -0.3 is 9.80 Å². The smallest absolute Gasteiger partial charge is 0.0645 e. The molecule has 0 aliphatic rings. The molecule has 0 spiro atoms. The number of benzene rings is 8. The predicted octanol–water partition coefficient (Wildman–Crippen LogP) is 14.3. The van der Waals surface area contributed by atoms with Crippen molar-refractivity contribution < 1.29 is 11.0 Å². The van der Waals surface area contributed by atoms with Gasteiger partial charge in [-0.3, -0.25) is 0 Å². The van der Waals surface area contributed by atoms with Crippen LogP contribution in [0.25, 0.3) is 42.4 Å². The van der Waals surface area contributed by atoms with Gasteiger partial charge in [-0.1, -0.05) is 133 Å². The molecular formula is C48H34N2S. The van der Waals surface area contributed by atoms with E-state index in [4.69, 9.17) is 5.48 Å². The second-order valence-electron chi connectivity index (χ2n) is 11.9. The summed E-state index contributed by atoms with van der Waals surface area (Å²) in [6, 6.07) is 47.0. The highest BCUT2D eigenvalue weighted by Crippen LogP contribution is 2.45. The number of hydrogen-bond donors (Lipinski definition) is 0. The van der Waals surface area contributed by atoms with Crippen LogP contribution >= 0.6 is 11.3 Å². The van der Waals surface area contributed by atoms with Crippen LogP contribution in [-0.4, -0.2) is 0 Å². The van der Waals surface area contributed by atoms with Crippen molar-refractivity contribution in [1.82, 2.24) is 0 Å².